The second kappa shape index (κ2) is 3.51. The lowest BCUT2D eigenvalue weighted by Gasteiger charge is -2.61. The van der Waals surface area contributed by atoms with Gasteiger partial charge in [0.25, 0.3) is 0 Å². The quantitative estimate of drug-likeness (QED) is 0.779. The van der Waals surface area contributed by atoms with E-state index >= 15 is 0 Å². The molecule has 5 atom stereocenters. The molecule has 2 saturated carbocycles. The van der Waals surface area contributed by atoms with Gasteiger partial charge in [-0.15, -0.1) is 0 Å². The molecular formula is C20H24O2. The molecule has 0 amide bonds. The van der Waals surface area contributed by atoms with Crippen molar-refractivity contribution in [3.05, 3.63) is 34.4 Å². The molecule has 6 aliphatic carbocycles. The first kappa shape index (κ1) is 13.3. The van der Waals surface area contributed by atoms with Crippen LogP contribution in [0.15, 0.2) is 12.1 Å². The predicted octanol–water partition coefficient (Wildman–Crippen LogP) is 4.19. The summed E-state index contributed by atoms with van der Waals surface area (Å²) in [5.74, 6) is 1.79. The van der Waals surface area contributed by atoms with Crippen LogP contribution >= 0.6 is 0 Å². The fraction of sp³-hybridized carbons (Fsp3) is 0.650. The molecule has 2 nitrogen and oxygen atoms in total. The summed E-state index contributed by atoms with van der Waals surface area (Å²) >= 11 is 0. The lowest BCUT2D eigenvalue weighted by molar-refractivity contribution is -0.0821. The molecule has 1 aromatic carbocycles. The minimum absolute atomic E-state index is 0.0974. The minimum atomic E-state index is -0.450. The predicted molar refractivity (Wildman–Crippen MR) is 85.0 cm³/mol. The van der Waals surface area contributed by atoms with Gasteiger partial charge in [0, 0.05) is 11.5 Å². The summed E-state index contributed by atoms with van der Waals surface area (Å²) in [6, 6.07) is 4.43. The normalized spacial score (nSPS) is 41.9. The van der Waals surface area contributed by atoms with Gasteiger partial charge in [-0.1, -0.05) is 39.8 Å². The Morgan fingerprint density at radius 1 is 0.955 bits per heavy atom. The molecule has 116 valence electrons. The van der Waals surface area contributed by atoms with Crippen molar-refractivity contribution in [1.82, 2.24) is 0 Å². The molecule has 2 fully saturated rings. The van der Waals surface area contributed by atoms with Crippen LogP contribution in [0.5, 0.6) is 0 Å². The first-order valence-electron chi connectivity index (χ1n) is 8.65. The first-order valence-corrected chi connectivity index (χ1v) is 8.65. The fourth-order valence-corrected chi connectivity index (χ4v) is 6.14. The van der Waals surface area contributed by atoms with E-state index in [2.05, 4.69) is 39.8 Å². The Labute approximate surface area is 131 Å². The zero-order valence-corrected chi connectivity index (χ0v) is 13.8. The molecule has 1 aromatic rings. The number of benzene rings is 1. The van der Waals surface area contributed by atoms with Gasteiger partial charge in [-0.2, -0.15) is 0 Å². The number of hydrogen-bond donors (Lipinski definition) is 1. The summed E-state index contributed by atoms with van der Waals surface area (Å²) in [4.78, 5) is 13.1. The van der Waals surface area contributed by atoms with Crippen LogP contribution in [0.1, 0.15) is 85.5 Å². The van der Waals surface area contributed by atoms with E-state index in [1.807, 2.05) is 0 Å². The molecular weight excluding hydrogens is 272 g/mol. The molecule has 0 saturated heterocycles. The highest BCUT2D eigenvalue weighted by Crippen LogP contribution is 2.69. The number of carbonyl (C=O) groups excluding carboxylic acids is 1. The number of ketones is 1. The van der Waals surface area contributed by atoms with Crippen LogP contribution in [0.2, 0.25) is 0 Å². The standard InChI is InChI=1S/C20H24O2/c1-19(2)11-7-13(19)17(21)15-9(11)5-6-10-12-8-14(20(12,3)4)18(22)16(10)15/h5-6,11-14,17,21H,7-8H2,1-4H3/t11-,12-,13+,14+,17+/m1/s1. The minimum Gasteiger partial charge on any atom is -0.388 e. The highest BCUT2D eigenvalue weighted by Gasteiger charge is 2.61. The second-order valence-corrected chi connectivity index (χ2v) is 9.22. The van der Waals surface area contributed by atoms with Crippen molar-refractivity contribution in [2.24, 2.45) is 22.7 Å². The van der Waals surface area contributed by atoms with E-state index in [-0.39, 0.29) is 16.7 Å². The van der Waals surface area contributed by atoms with Crippen LogP contribution in [-0.2, 0) is 0 Å². The summed E-state index contributed by atoms with van der Waals surface area (Å²) in [6.07, 6.45) is 1.63. The van der Waals surface area contributed by atoms with Crippen molar-refractivity contribution in [3.63, 3.8) is 0 Å². The van der Waals surface area contributed by atoms with Gasteiger partial charge in [-0.3, -0.25) is 4.79 Å². The Hall–Kier alpha value is -1.15. The molecule has 6 aliphatic rings. The third-order valence-electron chi connectivity index (χ3n) is 7.91. The molecule has 0 aromatic heterocycles. The molecule has 1 N–H and O–H groups in total. The monoisotopic (exact) mass is 296 g/mol. The Kier molecular flexibility index (Phi) is 2.12. The van der Waals surface area contributed by atoms with E-state index in [0.29, 0.717) is 23.5 Å². The van der Waals surface area contributed by atoms with Crippen LogP contribution in [0.4, 0.5) is 0 Å². The van der Waals surface area contributed by atoms with Gasteiger partial charge in [-0.25, -0.2) is 0 Å². The van der Waals surface area contributed by atoms with E-state index in [0.717, 1.165) is 24.0 Å². The van der Waals surface area contributed by atoms with Crippen LogP contribution < -0.4 is 0 Å². The first-order chi connectivity index (χ1) is 10.3. The summed E-state index contributed by atoms with van der Waals surface area (Å²) in [5, 5.41) is 11.0. The number of hydrogen-bond acceptors (Lipinski definition) is 2. The van der Waals surface area contributed by atoms with Crippen molar-refractivity contribution in [2.75, 3.05) is 0 Å². The Morgan fingerprint density at radius 2 is 1.59 bits per heavy atom. The Balaban J connectivity index is 1.76. The number of aliphatic hydroxyl groups excluding tert-OH is 1. The summed E-state index contributed by atoms with van der Waals surface area (Å²) in [7, 11) is 0. The van der Waals surface area contributed by atoms with Crippen LogP contribution in [0.25, 0.3) is 0 Å². The van der Waals surface area contributed by atoms with Gasteiger partial charge in [-0.05, 0) is 58.1 Å². The fourth-order valence-electron chi connectivity index (χ4n) is 6.14. The van der Waals surface area contributed by atoms with Crippen molar-refractivity contribution >= 4 is 5.78 Å². The number of rotatable bonds is 0. The van der Waals surface area contributed by atoms with E-state index in [4.69, 9.17) is 0 Å². The second-order valence-electron chi connectivity index (χ2n) is 9.22. The topological polar surface area (TPSA) is 37.3 Å². The zero-order chi connectivity index (χ0) is 15.6. The summed E-state index contributed by atoms with van der Waals surface area (Å²) < 4.78 is 0. The van der Waals surface area contributed by atoms with Crippen molar-refractivity contribution < 1.29 is 9.90 Å². The molecule has 7 rings (SSSR count). The lowest BCUT2D eigenvalue weighted by Crippen LogP contribution is -2.55. The molecule has 0 aliphatic heterocycles. The largest absolute Gasteiger partial charge is 0.388 e. The highest BCUT2D eigenvalue weighted by atomic mass is 16.3. The van der Waals surface area contributed by atoms with E-state index in [1.165, 1.54) is 11.1 Å². The maximum absolute atomic E-state index is 13.1. The van der Waals surface area contributed by atoms with Crippen molar-refractivity contribution in [3.8, 4) is 0 Å². The molecule has 0 unspecified atom stereocenters. The number of Topliss-reactive ketones (excluding diaryl/α,β-unsaturated/α-hetero) is 1. The van der Waals surface area contributed by atoms with E-state index in [1.54, 1.807) is 0 Å². The van der Waals surface area contributed by atoms with E-state index < -0.39 is 6.10 Å². The molecule has 2 heteroatoms. The summed E-state index contributed by atoms with van der Waals surface area (Å²) in [6.45, 7) is 8.98. The van der Waals surface area contributed by atoms with Gasteiger partial charge >= 0.3 is 0 Å². The molecule has 0 heterocycles. The summed E-state index contributed by atoms with van der Waals surface area (Å²) in [5.41, 5.74) is 4.66. The van der Waals surface area contributed by atoms with Gasteiger partial charge in [0.05, 0.1) is 6.10 Å². The maximum atomic E-state index is 13.1. The maximum Gasteiger partial charge on any atom is 0.167 e. The SMILES string of the molecule is CC1(C)[C@@H]2C[C@H]1C(=O)c1c2ccc2c1[C@@H](O)[C@@H]1C[C@H]2C1(C)C. The zero-order valence-electron chi connectivity index (χ0n) is 13.8. The Bertz CT molecular complexity index is 727. The van der Waals surface area contributed by atoms with Crippen molar-refractivity contribution in [2.45, 2.75) is 58.5 Å². The van der Waals surface area contributed by atoms with E-state index in [9.17, 15) is 9.90 Å². The van der Waals surface area contributed by atoms with Crippen LogP contribution in [0.3, 0.4) is 0 Å². The van der Waals surface area contributed by atoms with Crippen molar-refractivity contribution in [1.29, 1.82) is 0 Å². The third-order valence-corrected chi connectivity index (χ3v) is 7.91. The molecule has 0 spiro atoms. The van der Waals surface area contributed by atoms with Crippen LogP contribution in [-0.4, -0.2) is 10.9 Å². The average Bonchev–Trinajstić information content (AvgIpc) is 2.45. The van der Waals surface area contributed by atoms with Crippen LogP contribution in [0, 0.1) is 22.7 Å². The third kappa shape index (κ3) is 1.16. The average molecular weight is 296 g/mol. The molecule has 0 radical (unpaired) electrons. The van der Waals surface area contributed by atoms with Gasteiger partial charge in [0.2, 0.25) is 0 Å². The Morgan fingerprint density at radius 3 is 2.23 bits per heavy atom. The van der Waals surface area contributed by atoms with Gasteiger partial charge < -0.3 is 5.11 Å². The smallest absolute Gasteiger partial charge is 0.167 e. The molecule has 4 bridgehead atoms. The number of aliphatic hydroxyl groups is 1. The molecule has 22 heavy (non-hydrogen) atoms. The van der Waals surface area contributed by atoms with Gasteiger partial charge in [0.1, 0.15) is 0 Å². The number of carbonyl (C=O) groups is 1. The highest BCUT2D eigenvalue weighted by molar-refractivity contribution is 6.05. The van der Waals surface area contributed by atoms with Gasteiger partial charge in [0.15, 0.2) is 5.78 Å². The lowest BCUT2D eigenvalue weighted by atomic mass is 9.43.